The van der Waals surface area contributed by atoms with Crippen molar-refractivity contribution >= 4 is 23.4 Å². The summed E-state index contributed by atoms with van der Waals surface area (Å²) in [6.45, 7) is 9.06. The number of carbonyl (C=O) groups excluding carboxylic acids is 1. The minimum Gasteiger partial charge on any atom is -0.444 e. The number of aryl methyl sites for hydroxylation is 1. The van der Waals surface area contributed by atoms with Crippen LogP contribution in [0.15, 0.2) is 30.7 Å². The van der Waals surface area contributed by atoms with Gasteiger partial charge in [-0.25, -0.2) is 14.2 Å². The molecular formula is C25H30FN9O2. The summed E-state index contributed by atoms with van der Waals surface area (Å²) in [5, 5.41) is 26.9. The number of nitrogens with one attached hydrogen (secondary N) is 3. The van der Waals surface area contributed by atoms with E-state index in [1.807, 2.05) is 19.9 Å². The van der Waals surface area contributed by atoms with Crippen LogP contribution in [0.5, 0.6) is 0 Å². The minimum atomic E-state index is -0.677. The standard InChI is InChI=1S/C25H30FN9O2/c1-14-20(35-29-8-9-30-35)11-18(13-28-14)32-22-17(12-27)10-19(26)23(34-22)31-15(2)21(16-6-7-16)33-24(36)37-25(3,4)5/h8-11,13,15-16,21H,6-7H2,1-5H3,(H,33,36)(H2,31,32,34)/t15-,21-/m1/s1. The van der Waals surface area contributed by atoms with Crippen molar-refractivity contribution in [1.29, 1.82) is 5.26 Å². The number of aromatic nitrogens is 5. The molecule has 3 heterocycles. The number of carbonyl (C=O) groups is 1. The van der Waals surface area contributed by atoms with Crippen molar-refractivity contribution in [3.63, 3.8) is 0 Å². The van der Waals surface area contributed by atoms with Gasteiger partial charge in [-0.3, -0.25) is 4.98 Å². The van der Waals surface area contributed by atoms with Gasteiger partial charge in [0, 0.05) is 6.04 Å². The number of pyridine rings is 2. The molecule has 2 atom stereocenters. The SMILES string of the molecule is Cc1ncc(Nc2nc(N[C@H](C)[C@@H](NC(=O)OC(C)(C)C)C3CC3)c(F)cc2C#N)cc1-n1nccn1. The molecule has 0 unspecified atom stereocenters. The molecule has 0 aromatic carbocycles. The Morgan fingerprint density at radius 2 is 1.95 bits per heavy atom. The smallest absolute Gasteiger partial charge is 0.407 e. The second-order valence-corrected chi connectivity index (χ2v) is 10.0. The second kappa shape index (κ2) is 10.4. The molecule has 3 aromatic rings. The van der Waals surface area contributed by atoms with Gasteiger partial charge in [0.2, 0.25) is 0 Å². The van der Waals surface area contributed by atoms with E-state index in [-0.39, 0.29) is 35.2 Å². The molecule has 1 aliphatic rings. The van der Waals surface area contributed by atoms with Crippen molar-refractivity contribution in [1.82, 2.24) is 30.3 Å². The van der Waals surface area contributed by atoms with Gasteiger partial charge in [-0.2, -0.15) is 15.5 Å². The summed E-state index contributed by atoms with van der Waals surface area (Å²) in [7, 11) is 0. The van der Waals surface area contributed by atoms with E-state index >= 15 is 0 Å². The van der Waals surface area contributed by atoms with Crippen LogP contribution in [-0.2, 0) is 4.74 Å². The first kappa shape index (κ1) is 25.8. The molecular weight excluding hydrogens is 477 g/mol. The van der Waals surface area contributed by atoms with E-state index in [1.54, 1.807) is 45.4 Å². The Hall–Kier alpha value is -4.27. The van der Waals surface area contributed by atoms with Crippen LogP contribution in [-0.4, -0.2) is 48.7 Å². The number of ether oxygens (including phenoxy) is 1. The van der Waals surface area contributed by atoms with Crippen LogP contribution < -0.4 is 16.0 Å². The van der Waals surface area contributed by atoms with Crippen LogP contribution in [0, 0.1) is 30.0 Å². The van der Waals surface area contributed by atoms with Crippen LogP contribution in [0.4, 0.5) is 26.5 Å². The summed E-state index contributed by atoms with van der Waals surface area (Å²) < 4.78 is 20.3. The summed E-state index contributed by atoms with van der Waals surface area (Å²) in [4.78, 5) is 22.5. The van der Waals surface area contributed by atoms with Gasteiger partial charge in [-0.1, -0.05) is 0 Å². The van der Waals surface area contributed by atoms with Crippen LogP contribution in [0.3, 0.4) is 0 Å². The maximum Gasteiger partial charge on any atom is 0.407 e. The van der Waals surface area contributed by atoms with E-state index < -0.39 is 17.5 Å². The van der Waals surface area contributed by atoms with Gasteiger partial charge in [0.05, 0.1) is 41.6 Å². The largest absolute Gasteiger partial charge is 0.444 e. The maximum absolute atomic E-state index is 14.9. The molecule has 194 valence electrons. The lowest BCUT2D eigenvalue weighted by molar-refractivity contribution is 0.0493. The van der Waals surface area contributed by atoms with E-state index in [1.165, 1.54) is 4.80 Å². The van der Waals surface area contributed by atoms with Crippen molar-refractivity contribution in [3.05, 3.63) is 47.8 Å². The first-order chi connectivity index (χ1) is 17.5. The number of hydrogen-bond donors (Lipinski definition) is 3. The molecule has 0 aliphatic heterocycles. The third kappa shape index (κ3) is 6.49. The molecule has 37 heavy (non-hydrogen) atoms. The van der Waals surface area contributed by atoms with Gasteiger partial charge in [0.1, 0.15) is 17.4 Å². The number of nitrogens with zero attached hydrogens (tertiary/aromatic N) is 6. The predicted octanol–water partition coefficient (Wildman–Crippen LogP) is 4.22. The van der Waals surface area contributed by atoms with Crippen molar-refractivity contribution in [2.75, 3.05) is 10.6 Å². The van der Waals surface area contributed by atoms with E-state index in [9.17, 15) is 14.4 Å². The van der Waals surface area contributed by atoms with E-state index in [0.29, 0.717) is 17.1 Å². The van der Waals surface area contributed by atoms with Crippen molar-refractivity contribution in [2.24, 2.45) is 5.92 Å². The highest BCUT2D eigenvalue weighted by atomic mass is 19.1. The second-order valence-electron chi connectivity index (χ2n) is 10.0. The molecule has 1 fully saturated rings. The first-order valence-corrected chi connectivity index (χ1v) is 12.0. The molecule has 1 saturated carbocycles. The van der Waals surface area contributed by atoms with Crippen LogP contribution in [0.1, 0.15) is 51.8 Å². The van der Waals surface area contributed by atoms with E-state index in [2.05, 4.69) is 36.1 Å². The van der Waals surface area contributed by atoms with Gasteiger partial charge in [-0.15, -0.1) is 4.80 Å². The van der Waals surface area contributed by atoms with Crippen LogP contribution in [0.25, 0.3) is 5.69 Å². The number of amides is 1. The quantitative estimate of drug-likeness (QED) is 0.408. The molecule has 4 rings (SSSR count). The molecule has 12 heteroatoms. The Morgan fingerprint density at radius 1 is 1.24 bits per heavy atom. The Kier molecular flexibility index (Phi) is 7.24. The third-order valence-electron chi connectivity index (χ3n) is 5.77. The zero-order valence-corrected chi connectivity index (χ0v) is 21.4. The first-order valence-electron chi connectivity index (χ1n) is 12.0. The topological polar surface area (TPSA) is 143 Å². The summed E-state index contributed by atoms with van der Waals surface area (Å²) in [6, 6.07) is 4.21. The van der Waals surface area contributed by atoms with Crippen molar-refractivity contribution in [2.45, 2.75) is 65.1 Å². The Bertz CT molecular complexity index is 1310. The highest BCUT2D eigenvalue weighted by Gasteiger charge is 2.37. The molecule has 3 aromatic heterocycles. The number of halogens is 1. The lowest BCUT2D eigenvalue weighted by Gasteiger charge is -2.28. The third-order valence-corrected chi connectivity index (χ3v) is 5.77. The molecule has 0 radical (unpaired) electrons. The van der Waals surface area contributed by atoms with Gasteiger partial charge in [-0.05, 0) is 65.5 Å². The molecule has 1 amide bonds. The van der Waals surface area contributed by atoms with Gasteiger partial charge in [0.15, 0.2) is 17.5 Å². The number of rotatable bonds is 8. The Balaban J connectivity index is 1.55. The van der Waals surface area contributed by atoms with Crippen LogP contribution >= 0.6 is 0 Å². The predicted molar refractivity (Wildman–Crippen MR) is 135 cm³/mol. The summed E-state index contributed by atoms with van der Waals surface area (Å²) in [5.74, 6) is -0.308. The number of hydrogen-bond acceptors (Lipinski definition) is 9. The molecule has 0 saturated heterocycles. The summed E-state index contributed by atoms with van der Waals surface area (Å²) >= 11 is 0. The lowest BCUT2D eigenvalue weighted by atomic mass is 10.1. The summed E-state index contributed by atoms with van der Waals surface area (Å²) in [6.07, 6.45) is 6.08. The highest BCUT2D eigenvalue weighted by Crippen LogP contribution is 2.35. The molecule has 0 bridgehead atoms. The molecule has 3 N–H and O–H groups in total. The fourth-order valence-corrected chi connectivity index (χ4v) is 3.90. The average molecular weight is 508 g/mol. The number of anilines is 3. The zero-order chi connectivity index (χ0) is 26.7. The maximum atomic E-state index is 14.9. The number of alkyl carbamates (subject to hydrolysis) is 1. The highest BCUT2D eigenvalue weighted by molar-refractivity contribution is 5.69. The van der Waals surface area contributed by atoms with Crippen molar-refractivity contribution in [3.8, 4) is 11.8 Å². The van der Waals surface area contributed by atoms with Crippen LogP contribution in [0.2, 0.25) is 0 Å². The van der Waals surface area contributed by atoms with Gasteiger partial charge < -0.3 is 20.7 Å². The van der Waals surface area contributed by atoms with E-state index in [4.69, 9.17) is 4.74 Å². The van der Waals surface area contributed by atoms with Gasteiger partial charge >= 0.3 is 6.09 Å². The molecule has 0 spiro atoms. The monoisotopic (exact) mass is 507 g/mol. The summed E-state index contributed by atoms with van der Waals surface area (Å²) in [5.41, 5.74) is 1.27. The Labute approximate surface area is 214 Å². The zero-order valence-electron chi connectivity index (χ0n) is 21.4. The Morgan fingerprint density at radius 3 is 2.57 bits per heavy atom. The number of nitriles is 1. The van der Waals surface area contributed by atoms with Crippen molar-refractivity contribution < 1.29 is 13.9 Å². The fourth-order valence-electron chi connectivity index (χ4n) is 3.90. The lowest BCUT2D eigenvalue weighted by Crippen LogP contribution is -2.48. The molecule has 11 nitrogen and oxygen atoms in total. The normalized spacial score (nSPS) is 14.8. The minimum absolute atomic E-state index is 0.0284. The van der Waals surface area contributed by atoms with Gasteiger partial charge in [0.25, 0.3) is 0 Å². The van der Waals surface area contributed by atoms with E-state index in [0.717, 1.165) is 18.9 Å². The fraction of sp³-hybridized carbons (Fsp3) is 0.440. The molecule has 1 aliphatic carbocycles. The average Bonchev–Trinajstić information content (AvgIpc) is 3.52.